The number of nitrogens with zero attached hydrogens (tertiary/aromatic N) is 2. The summed E-state index contributed by atoms with van der Waals surface area (Å²) >= 11 is 0. The van der Waals surface area contributed by atoms with Gasteiger partial charge in [0.25, 0.3) is 5.91 Å². The lowest BCUT2D eigenvalue weighted by atomic mass is 10.00. The Morgan fingerprint density at radius 1 is 1.03 bits per heavy atom. The topological polar surface area (TPSA) is 121 Å². The fourth-order valence-corrected chi connectivity index (χ4v) is 5.28. The van der Waals surface area contributed by atoms with Gasteiger partial charge >= 0.3 is 5.97 Å². The zero-order valence-electron chi connectivity index (χ0n) is 22.4. The van der Waals surface area contributed by atoms with Crippen LogP contribution in [-0.4, -0.2) is 56.9 Å². The number of aryl methyl sites for hydroxylation is 1. The molecular formula is C30H36N4O5. The molecule has 0 aliphatic carbocycles. The molecule has 1 saturated heterocycles. The maximum absolute atomic E-state index is 13.8. The number of hydrogen-bond acceptors (Lipinski definition) is 4. The molecule has 1 aliphatic rings. The van der Waals surface area contributed by atoms with Crippen molar-refractivity contribution >= 4 is 40.3 Å². The highest BCUT2D eigenvalue weighted by atomic mass is 16.4. The van der Waals surface area contributed by atoms with Gasteiger partial charge in [-0.05, 0) is 55.9 Å². The zero-order valence-corrected chi connectivity index (χ0v) is 22.4. The maximum atomic E-state index is 13.8. The van der Waals surface area contributed by atoms with E-state index in [4.69, 9.17) is 5.11 Å². The van der Waals surface area contributed by atoms with Gasteiger partial charge in [0.2, 0.25) is 11.8 Å². The van der Waals surface area contributed by atoms with Gasteiger partial charge < -0.3 is 25.2 Å². The van der Waals surface area contributed by atoms with E-state index < -0.39 is 24.0 Å². The van der Waals surface area contributed by atoms with Crippen LogP contribution in [0.2, 0.25) is 0 Å². The van der Waals surface area contributed by atoms with Crippen molar-refractivity contribution in [1.29, 1.82) is 0 Å². The second kappa shape index (κ2) is 12.6. The lowest BCUT2D eigenvalue weighted by molar-refractivity contribution is -0.141. The molecule has 0 radical (unpaired) electrons. The number of anilines is 1. The minimum atomic E-state index is -0.891. The zero-order chi connectivity index (χ0) is 27.9. The third kappa shape index (κ3) is 6.66. The van der Waals surface area contributed by atoms with E-state index in [1.54, 1.807) is 23.1 Å². The molecule has 1 unspecified atom stereocenters. The molecule has 0 spiro atoms. The van der Waals surface area contributed by atoms with Gasteiger partial charge in [-0.25, -0.2) is 0 Å². The van der Waals surface area contributed by atoms with E-state index in [2.05, 4.69) is 10.6 Å². The molecule has 3 N–H and O–H groups in total. The molecule has 3 aromatic rings. The third-order valence-electron chi connectivity index (χ3n) is 7.12. The number of benzene rings is 2. The molecule has 4 rings (SSSR count). The van der Waals surface area contributed by atoms with Crippen molar-refractivity contribution < 1.29 is 24.3 Å². The number of hydrogen-bond donors (Lipinski definition) is 3. The molecule has 0 saturated carbocycles. The van der Waals surface area contributed by atoms with Gasteiger partial charge in [0, 0.05) is 36.1 Å². The number of nitrogens with one attached hydrogen (secondary N) is 2. The van der Waals surface area contributed by atoms with Crippen molar-refractivity contribution in [3.63, 3.8) is 0 Å². The van der Waals surface area contributed by atoms with E-state index in [1.165, 1.54) is 0 Å². The standard InChI is InChI=1S/C30H36N4O5/c1-20(2)27(29(38)31-22-12-4-3-5-13-22)34-17-9-8-14-23(30(34)39)32-28(37)25-19-21-11-6-7-15-24(21)33(25)18-10-16-26(35)36/h3-7,11-13,15,19-20,23,27H,8-10,14,16-18H2,1-2H3,(H,31,38)(H,32,37)(H,35,36)/t23?,27-/m1/s1. The first-order valence-electron chi connectivity index (χ1n) is 13.5. The van der Waals surface area contributed by atoms with Crippen molar-refractivity contribution in [3.05, 3.63) is 66.4 Å². The summed E-state index contributed by atoms with van der Waals surface area (Å²) in [6.45, 7) is 4.63. The van der Waals surface area contributed by atoms with Crippen molar-refractivity contribution in [2.45, 2.75) is 64.6 Å². The Labute approximate surface area is 228 Å². The molecule has 2 atom stereocenters. The summed E-state index contributed by atoms with van der Waals surface area (Å²) in [6.07, 6.45) is 2.31. The van der Waals surface area contributed by atoms with Gasteiger partial charge in [0.15, 0.2) is 0 Å². The Morgan fingerprint density at radius 2 is 1.74 bits per heavy atom. The first-order chi connectivity index (χ1) is 18.8. The number of aliphatic carboxylic acids is 1. The summed E-state index contributed by atoms with van der Waals surface area (Å²) in [5.41, 5.74) is 1.88. The van der Waals surface area contributed by atoms with Crippen LogP contribution >= 0.6 is 0 Å². The summed E-state index contributed by atoms with van der Waals surface area (Å²) in [5.74, 6) is -1.94. The summed E-state index contributed by atoms with van der Waals surface area (Å²) in [5, 5.41) is 15.8. The van der Waals surface area contributed by atoms with Crippen LogP contribution in [0.5, 0.6) is 0 Å². The van der Waals surface area contributed by atoms with E-state index in [0.29, 0.717) is 37.3 Å². The number of likely N-dealkylation sites (tertiary alicyclic amines) is 1. The Kier molecular flexibility index (Phi) is 9.01. The number of para-hydroxylation sites is 2. The lowest BCUT2D eigenvalue weighted by Gasteiger charge is -2.34. The number of aromatic nitrogens is 1. The Balaban J connectivity index is 1.55. The fourth-order valence-electron chi connectivity index (χ4n) is 5.28. The SMILES string of the molecule is CC(C)[C@H](C(=O)Nc1ccccc1)N1CCCCC(NC(=O)c2cc3ccccc3n2CCCC(=O)O)C1=O. The molecule has 9 heteroatoms. The summed E-state index contributed by atoms with van der Waals surface area (Å²) in [4.78, 5) is 53.3. The van der Waals surface area contributed by atoms with Gasteiger partial charge in [0.1, 0.15) is 17.8 Å². The summed E-state index contributed by atoms with van der Waals surface area (Å²) in [7, 11) is 0. The Bertz CT molecular complexity index is 1330. The second-order valence-corrected chi connectivity index (χ2v) is 10.3. The molecule has 0 bridgehead atoms. The molecule has 2 heterocycles. The minimum absolute atomic E-state index is 0.00866. The minimum Gasteiger partial charge on any atom is -0.481 e. The largest absolute Gasteiger partial charge is 0.481 e. The van der Waals surface area contributed by atoms with Crippen LogP contribution in [0.4, 0.5) is 5.69 Å². The highest BCUT2D eigenvalue weighted by Gasteiger charge is 2.37. The van der Waals surface area contributed by atoms with Gasteiger partial charge in [-0.15, -0.1) is 0 Å². The smallest absolute Gasteiger partial charge is 0.303 e. The first-order valence-corrected chi connectivity index (χ1v) is 13.5. The molecule has 206 valence electrons. The number of carbonyl (C=O) groups excluding carboxylic acids is 3. The Morgan fingerprint density at radius 3 is 2.46 bits per heavy atom. The van der Waals surface area contributed by atoms with E-state index in [9.17, 15) is 19.2 Å². The van der Waals surface area contributed by atoms with Gasteiger partial charge in [-0.2, -0.15) is 0 Å². The van der Waals surface area contributed by atoms with Crippen LogP contribution in [0, 0.1) is 5.92 Å². The average Bonchev–Trinajstić information content (AvgIpc) is 3.18. The van der Waals surface area contributed by atoms with Crippen LogP contribution in [0.3, 0.4) is 0 Å². The second-order valence-electron chi connectivity index (χ2n) is 10.3. The predicted octanol–water partition coefficient (Wildman–Crippen LogP) is 4.28. The lowest BCUT2D eigenvalue weighted by Crippen LogP contribution is -2.55. The van der Waals surface area contributed by atoms with Crippen LogP contribution in [0.1, 0.15) is 56.4 Å². The van der Waals surface area contributed by atoms with Crippen LogP contribution < -0.4 is 10.6 Å². The van der Waals surface area contributed by atoms with Gasteiger partial charge in [-0.3, -0.25) is 19.2 Å². The summed E-state index contributed by atoms with van der Waals surface area (Å²) in [6, 6.07) is 17.0. The highest BCUT2D eigenvalue weighted by molar-refractivity contribution is 6.02. The summed E-state index contributed by atoms with van der Waals surface area (Å²) < 4.78 is 1.82. The van der Waals surface area contributed by atoms with Crippen molar-refractivity contribution in [3.8, 4) is 0 Å². The molecule has 1 aliphatic heterocycles. The van der Waals surface area contributed by atoms with Crippen molar-refractivity contribution in [2.24, 2.45) is 5.92 Å². The van der Waals surface area contributed by atoms with Gasteiger partial charge in [-0.1, -0.05) is 50.2 Å². The van der Waals surface area contributed by atoms with Gasteiger partial charge in [0.05, 0.1) is 0 Å². The monoisotopic (exact) mass is 532 g/mol. The number of carboxylic acids is 1. The molecule has 1 fully saturated rings. The van der Waals surface area contributed by atoms with E-state index in [-0.39, 0.29) is 24.2 Å². The maximum Gasteiger partial charge on any atom is 0.303 e. The Hall–Kier alpha value is -4.14. The first kappa shape index (κ1) is 27.9. The fraction of sp³-hybridized carbons (Fsp3) is 0.400. The van der Waals surface area contributed by atoms with E-state index >= 15 is 0 Å². The van der Waals surface area contributed by atoms with Crippen molar-refractivity contribution in [1.82, 2.24) is 14.8 Å². The van der Waals surface area contributed by atoms with E-state index in [0.717, 1.165) is 23.7 Å². The number of carbonyl (C=O) groups is 4. The molecule has 9 nitrogen and oxygen atoms in total. The van der Waals surface area contributed by atoms with Crippen LogP contribution in [0.15, 0.2) is 60.7 Å². The molecule has 3 amide bonds. The quantitative estimate of drug-likeness (QED) is 0.360. The van der Waals surface area contributed by atoms with E-state index in [1.807, 2.05) is 60.9 Å². The molecule has 1 aromatic heterocycles. The van der Waals surface area contributed by atoms with Crippen LogP contribution in [0.25, 0.3) is 10.9 Å². The normalized spacial score (nSPS) is 16.6. The molecule has 39 heavy (non-hydrogen) atoms. The molecular weight excluding hydrogens is 496 g/mol. The number of rotatable bonds is 10. The number of amides is 3. The average molecular weight is 533 g/mol. The number of carboxylic acid groups (broad SMARTS) is 1. The molecule has 2 aromatic carbocycles. The van der Waals surface area contributed by atoms with Crippen LogP contribution in [-0.2, 0) is 20.9 Å². The van der Waals surface area contributed by atoms with Crippen molar-refractivity contribution in [2.75, 3.05) is 11.9 Å². The highest BCUT2D eigenvalue weighted by Crippen LogP contribution is 2.24. The predicted molar refractivity (Wildman–Crippen MR) is 149 cm³/mol. The number of fused-ring (bicyclic) bond motifs is 1. The third-order valence-corrected chi connectivity index (χ3v) is 7.12.